The van der Waals surface area contributed by atoms with Crippen LogP contribution < -0.4 is 10.1 Å². The number of aryl methyl sites for hydroxylation is 2. The van der Waals surface area contributed by atoms with E-state index in [0.29, 0.717) is 23.1 Å². The molecule has 0 aromatic heterocycles. The van der Waals surface area contributed by atoms with Gasteiger partial charge in [-0.15, -0.1) is 0 Å². The Balaban J connectivity index is 2.02. The van der Waals surface area contributed by atoms with E-state index < -0.39 is 18.3 Å². The lowest BCUT2D eigenvalue weighted by atomic mass is 9.89. The average molecular weight is 369 g/mol. The largest absolute Gasteiger partial charge is 0.509 e. The molecule has 1 atom stereocenters. The van der Waals surface area contributed by atoms with Crippen molar-refractivity contribution >= 4 is 11.5 Å². The quantitative estimate of drug-likeness (QED) is 0.823. The van der Waals surface area contributed by atoms with Crippen molar-refractivity contribution in [1.29, 1.82) is 0 Å². The van der Waals surface area contributed by atoms with E-state index in [4.69, 9.17) is 4.74 Å². The van der Waals surface area contributed by atoms with Crippen LogP contribution in [0.15, 0.2) is 17.9 Å². The fraction of sp³-hybridized carbons (Fsp3) is 0.526. The van der Waals surface area contributed by atoms with Crippen LogP contribution in [0, 0.1) is 12.8 Å². The lowest BCUT2D eigenvalue weighted by Crippen LogP contribution is -2.43. The number of benzene rings is 1. The molecule has 1 saturated carbocycles. The Morgan fingerprint density at radius 1 is 1.35 bits per heavy atom. The summed E-state index contributed by atoms with van der Waals surface area (Å²) in [5.41, 5.74) is 1.29. The van der Waals surface area contributed by atoms with Gasteiger partial charge in [-0.1, -0.05) is 6.92 Å². The number of halogens is 3. The normalized spacial score (nSPS) is 23.4. The van der Waals surface area contributed by atoms with Crippen molar-refractivity contribution in [3.05, 3.63) is 34.6 Å². The number of amides is 1. The fourth-order valence-corrected chi connectivity index (χ4v) is 3.62. The van der Waals surface area contributed by atoms with Crippen LogP contribution in [0.4, 0.5) is 13.2 Å². The van der Waals surface area contributed by atoms with Crippen LogP contribution in [0.25, 0.3) is 5.57 Å². The molecule has 26 heavy (non-hydrogen) atoms. The third-order valence-corrected chi connectivity index (χ3v) is 5.15. The second-order valence-corrected chi connectivity index (χ2v) is 7.19. The monoisotopic (exact) mass is 369 g/mol. The van der Waals surface area contributed by atoms with E-state index in [-0.39, 0.29) is 28.9 Å². The third kappa shape index (κ3) is 3.27. The SMILES string of the molecule is CCc1cc(OCC(F)(F)F)cc(C)c1C1=C(O)C(C)(C2CC2)NC1=O. The van der Waals surface area contributed by atoms with E-state index in [2.05, 4.69) is 5.32 Å². The molecular weight excluding hydrogens is 347 g/mol. The second-order valence-electron chi connectivity index (χ2n) is 7.19. The van der Waals surface area contributed by atoms with Crippen molar-refractivity contribution in [3.63, 3.8) is 0 Å². The number of alkyl halides is 3. The molecule has 2 aliphatic rings. The zero-order valence-electron chi connectivity index (χ0n) is 15.0. The van der Waals surface area contributed by atoms with E-state index in [0.717, 1.165) is 12.8 Å². The molecule has 1 amide bonds. The molecule has 1 aliphatic heterocycles. The Morgan fingerprint density at radius 2 is 2.00 bits per heavy atom. The van der Waals surface area contributed by atoms with E-state index in [1.54, 1.807) is 6.92 Å². The fourth-order valence-electron chi connectivity index (χ4n) is 3.62. The zero-order chi connectivity index (χ0) is 19.3. The average Bonchev–Trinajstić information content (AvgIpc) is 3.35. The molecule has 1 unspecified atom stereocenters. The molecule has 3 rings (SSSR count). The minimum absolute atomic E-state index is 0.0201. The van der Waals surface area contributed by atoms with Crippen molar-refractivity contribution in [2.24, 2.45) is 5.92 Å². The molecule has 142 valence electrons. The van der Waals surface area contributed by atoms with Crippen LogP contribution in [-0.4, -0.2) is 29.3 Å². The first-order valence-corrected chi connectivity index (χ1v) is 8.66. The summed E-state index contributed by atoms with van der Waals surface area (Å²) in [4.78, 5) is 12.6. The number of aliphatic hydroxyl groups is 1. The lowest BCUT2D eigenvalue weighted by molar-refractivity contribution is -0.153. The number of aliphatic hydroxyl groups excluding tert-OH is 1. The Bertz CT molecular complexity index is 781. The van der Waals surface area contributed by atoms with Crippen molar-refractivity contribution in [3.8, 4) is 5.75 Å². The van der Waals surface area contributed by atoms with Gasteiger partial charge in [0.1, 0.15) is 11.5 Å². The van der Waals surface area contributed by atoms with E-state index >= 15 is 0 Å². The number of nitrogens with one attached hydrogen (secondary N) is 1. The molecule has 1 heterocycles. The minimum atomic E-state index is -4.42. The Hall–Kier alpha value is -2.18. The van der Waals surface area contributed by atoms with Crippen LogP contribution in [0.3, 0.4) is 0 Å². The third-order valence-electron chi connectivity index (χ3n) is 5.15. The standard InChI is InChI=1S/C19H22F3NO3/c1-4-11-8-13(26-9-19(20,21)22)7-10(2)14(11)15-16(24)18(3,12-5-6-12)23-17(15)25/h7-8,12,24H,4-6,9H2,1-3H3,(H,23,25). The maximum absolute atomic E-state index is 12.6. The molecule has 1 aliphatic carbocycles. The molecule has 1 aromatic carbocycles. The Morgan fingerprint density at radius 3 is 2.54 bits per heavy atom. The Labute approximate surface area is 150 Å². The molecule has 4 nitrogen and oxygen atoms in total. The van der Waals surface area contributed by atoms with E-state index in [1.165, 1.54) is 12.1 Å². The number of ether oxygens (including phenoxy) is 1. The highest BCUT2D eigenvalue weighted by atomic mass is 19.4. The molecule has 0 saturated heterocycles. The van der Waals surface area contributed by atoms with Crippen LogP contribution in [0.1, 0.15) is 43.4 Å². The highest BCUT2D eigenvalue weighted by Gasteiger charge is 2.52. The first-order valence-electron chi connectivity index (χ1n) is 8.66. The van der Waals surface area contributed by atoms with Gasteiger partial charge in [-0.2, -0.15) is 13.2 Å². The van der Waals surface area contributed by atoms with Crippen LogP contribution >= 0.6 is 0 Å². The summed E-state index contributed by atoms with van der Waals surface area (Å²) < 4.78 is 42.1. The van der Waals surface area contributed by atoms with Gasteiger partial charge in [0.2, 0.25) is 0 Å². The van der Waals surface area contributed by atoms with Crippen LogP contribution in [-0.2, 0) is 11.2 Å². The molecule has 0 radical (unpaired) electrons. The van der Waals surface area contributed by atoms with Gasteiger partial charge >= 0.3 is 6.18 Å². The van der Waals surface area contributed by atoms with Gasteiger partial charge in [-0.25, -0.2) is 0 Å². The Kier molecular flexibility index (Phi) is 4.45. The molecule has 7 heteroatoms. The maximum atomic E-state index is 12.6. The molecule has 0 spiro atoms. The molecule has 0 bridgehead atoms. The predicted molar refractivity (Wildman–Crippen MR) is 90.9 cm³/mol. The summed E-state index contributed by atoms with van der Waals surface area (Å²) in [7, 11) is 0. The van der Waals surface area contributed by atoms with Gasteiger partial charge in [0.25, 0.3) is 5.91 Å². The minimum Gasteiger partial charge on any atom is -0.509 e. The highest BCUT2D eigenvalue weighted by Crippen LogP contribution is 2.48. The lowest BCUT2D eigenvalue weighted by Gasteiger charge is -2.24. The highest BCUT2D eigenvalue weighted by molar-refractivity contribution is 6.24. The first-order chi connectivity index (χ1) is 12.1. The smallest absolute Gasteiger partial charge is 0.422 e. The van der Waals surface area contributed by atoms with Gasteiger partial charge in [0.15, 0.2) is 6.61 Å². The summed E-state index contributed by atoms with van der Waals surface area (Å²) in [6, 6.07) is 2.98. The van der Waals surface area contributed by atoms with E-state index in [1.807, 2.05) is 13.8 Å². The number of rotatable bonds is 5. The van der Waals surface area contributed by atoms with Gasteiger partial charge in [-0.3, -0.25) is 4.79 Å². The number of hydrogen-bond acceptors (Lipinski definition) is 3. The summed E-state index contributed by atoms with van der Waals surface area (Å²) in [6.07, 6.45) is -2.04. The number of carbonyl (C=O) groups excluding carboxylic acids is 1. The number of hydrogen-bond donors (Lipinski definition) is 2. The van der Waals surface area contributed by atoms with Gasteiger partial charge in [0, 0.05) is 0 Å². The number of carbonyl (C=O) groups is 1. The zero-order valence-corrected chi connectivity index (χ0v) is 15.0. The van der Waals surface area contributed by atoms with Crippen LogP contribution in [0.2, 0.25) is 0 Å². The predicted octanol–water partition coefficient (Wildman–Crippen LogP) is 4.07. The van der Waals surface area contributed by atoms with Gasteiger partial charge in [-0.05, 0) is 67.9 Å². The van der Waals surface area contributed by atoms with Crippen molar-refractivity contribution < 1.29 is 27.8 Å². The summed E-state index contributed by atoms with van der Waals surface area (Å²) in [5.74, 6) is -0.0157. The van der Waals surface area contributed by atoms with Crippen molar-refractivity contribution in [2.45, 2.75) is 51.7 Å². The van der Waals surface area contributed by atoms with Crippen LogP contribution in [0.5, 0.6) is 5.75 Å². The topological polar surface area (TPSA) is 58.6 Å². The molecule has 2 N–H and O–H groups in total. The van der Waals surface area contributed by atoms with Crippen molar-refractivity contribution in [1.82, 2.24) is 5.32 Å². The van der Waals surface area contributed by atoms with Gasteiger partial charge in [0.05, 0.1) is 11.1 Å². The summed E-state index contributed by atoms with van der Waals surface area (Å²) in [5, 5.41) is 13.7. The second kappa shape index (κ2) is 6.21. The molecular formula is C19H22F3NO3. The first kappa shape index (κ1) is 18.6. The van der Waals surface area contributed by atoms with E-state index in [9.17, 15) is 23.1 Å². The summed E-state index contributed by atoms with van der Waals surface area (Å²) >= 11 is 0. The van der Waals surface area contributed by atoms with Gasteiger partial charge < -0.3 is 15.2 Å². The maximum Gasteiger partial charge on any atom is 0.422 e. The molecule has 1 fully saturated rings. The molecule has 1 aromatic rings. The summed E-state index contributed by atoms with van der Waals surface area (Å²) in [6.45, 7) is 3.99. The van der Waals surface area contributed by atoms with Crippen molar-refractivity contribution in [2.75, 3.05) is 6.61 Å².